The SMILES string of the molecule is CNC(=O)/C=C/CN1CC(Oc2ccc(C(=O)c3c(-c4ccc(O)cc4)sc4cc(O)ccc34)cc2)C1. The van der Waals surface area contributed by atoms with Gasteiger partial charge in [0.1, 0.15) is 23.4 Å². The number of hydrogen-bond acceptors (Lipinski definition) is 7. The third kappa shape index (κ3) is 5.35. The Bertz CT molecular complexity index is 1470. The van der Waals surface area contributed by atoms with Crippen LogP contribution in [0.25, 0.3) is 20.5 Å². The Morgan fingerprint density at radius 3 is 2.43 bits per heavy atom. The molecule has 0 bridgehead atoms. The summed E-state index contributed by atoms with van der Waals surface area (Å²) < 4.78 is 6.85. The van der Waals surface area contributed by atoms with Gasteiger partial charge < -0.3 is 20.3 Å². The molecule has 7 nitrogen and oxygen atoms in total. The molecule has 1 fully saturated rings. The van der Waals surface area contributed by atoms with Crippen molar-refractivity contribution in [2.24, 2.45) is 0 Å². The maximum absolute atomic E-state index is 13.7. The highest BCUT2D eigenvalue weighted by atomic mass is 32.1. The number of thiophene rings is 1. The Hall–Kier alpha value is -4.14. The van der Waals surface area contributed by atoms with Crippen LogP contribution in [0, 0.1) is 0 Å². The lowest BCUT2D eigenvalue weighted by atomic mass is 9.97. The summed E-state index contributed by atoms with van der Waals surface area (Å²) in [7, 11) is 1.60. The van der Waals surface area contributed by atoms with E-state index in [2.05, 4.69) is 10.2 Å². The second kappa shape index (κ2) is 10.5. The summed E-state index contributed by atoms with van der Waals surface area (Å²) in [6, 6.07) is 18.9. The van der Waals surface area contributed by atoms with Gasteiger partial charge in [-0.1, -0.05) is 6.08 Å². The summed E-state index contributed by atoms with van der Waals surface area (Å²) in [5.41, 5.74) is 1.93. The fourth-order valence-electron chi connectivity index (χ4n) is 4.29. The summed E-state index contributed by atoms with van der Waals surface area (Å²) in [5, 5.41) is 23.0. The van der Waals surface area contributed by atoms with Gasteiger partial charge >= 0.3 is 0 Å². The van der Waals surface area contributed by atoms with E-state index < -0.39 is 0 Å². The number of likely N-dealkylation sites (N-methyl/N-ethyl adjacent to an activating group) is 1. The lowest BCUT2D eigenvalue weighted by Gasteiger charge is -2.38. The lowest BCUT2D eigenvalue weighted by Crippen LogP contribution is -2.53. The molecule has 8 heteroatoms. The Morgan fingerprint density at radius 1 is 1.03 bits per heavy atom. The Morgan fingerprint density at radius 2 is 1.73 bits per heavy atom. The van der Waals surface area contributed by atoms with Crippen LogP contribution in [0.15, 0.2) is 78.9 Å². The quantitative estimate of drug-likeness (QED) is 0.235. The van der Waals surface area contributed by atoms with Gasteiger partial charge in [0, 0.05) is 58.8 Å². The number of ether oxygens (including phenoxy) is 1. The maximum Gasteiger partial charge on any atom is 0.243 e. The van der Waals surface area contributed by atoms with Crippen LogP contribution in [0.1, 0.15) is 15.9 Å². The van der Waals surface area contributed by atoms with Crippen molar-refractivity contribution in [2.45, 2.75) is 6.10 Å². The van der Waals surface area contributed by atoms with E-state index in [-0.39, 0.29) is 29.3 Å². The zero-order chi connectivity index (χ0) is 25.9. The largest absolute Gasteiger partial charge is 0.508 e. The van der Waals surface area contributed by atoms with Gasteiger partial charge in [-0.3, -0.25) is 14.5 Å². The molecule has 0 spiro atoms. The second-order valence-corrected chi connectivity index (χ2v) is 9.91. The number of nitrogens with zero attached hydrogens (tertiary/aromatic N) is 1. The minimum Gasteiger partial charge on any atom is -0.508 e. The number of carbonyl (C=O) groups is 2. The van der Waals surface area contributed by atoms with Crippen LogP contribution >= 0.6 is 11.3 Å². The molecule has 5 rings (SSSR count). The van der Waals surface area contributed by atoms with Gasteiger partial charge in [-0.05, 0) is 72.3 Å². The van der Waals surface area contributed by atoms with Crippen LogP contribution in [-0.4, -0.2) is 59.6 Å². The minimum absolute atomic E-state index is 0.0598. The van der Waals surface area contributed by atoms with Crippen LogP contribution < -0.4 is 10.1 Å². The fourth-order valence-corrected chi connectivity index (χ4v) is 5.53. The third-order valence-electron chi connectivity index (χ3n) is 6.25. The van der Waals surface area contributed by atoms with Crippen molar-refractivity contribution in [1.29, 1.82) is 0 Å². The van der Waals surface area contributed by atoms with Gasteiger partial charge in [0.2, 0.25) is 5.91 Å². The fraction of sp³-hybridized carbons (Fsp3) is 0.172. The first kappa shape index (κ1) is 24.5. The number of fused-ring (bicyclic) bond motifs is 1. The maximum atomic E-state index is 13.7. The molecule has 3 N–H and O–H groups in total. The van der Waals surface area contributed by atoms with Gasteiger partial charge in [0.25, 0.3) is 0 Å². The van der Waals surface area contributed by atoms with E-state index in [0.29, 0.717) is 23.4 Å². The molecular formula is C29H26N2O5S. The van der Waals surface area contributed by atoms with Crippen molar-refractivity contribution in [3.8, 4) is 27.7 Å². The molecule has 1 aromatic heterocycles. The van der Waals surface area contributed by atoms with E-state index in [4.69, 9.17) is 4.74 Å². The molecule has 0 saturated carbocycles. The summed E-state index contributed by atoms with van der Waals surface area (Å²) in [6.07, 6.45) is 3.41. The van der Waals surface area contributed by atoms with Gasteiger partial charge in [-0.15, -0.1) is 11.3 Å². The molecule has 37 heavy (non-hydrogen) atoms. The molecule has 3 aromatic carbocycles. The van der Waals surface area contributed by atoms with Gasteiger partial charge in [-0.25, -0.2) is 0 Å². The molecule has 0 aliphatic carbocycles. The summed E-state index contributed by atoms with van der Waals surface area (Å²) >= 11 is 1.43. The summed E-state index contributed by atoms with van der Waals surface area (Å²) in [6.45, 7) is 2.22. The van der Waals surface area contributed by atoms with Crippen molar-refractivity contribution >= 4 is 33.1 Å². The number of aromatic hydroxyl groups is 2. The number of phenols is 2. The first-order valence-corrected chi connectivity index (χ1v) is 12.7. The van der Waals surface area contributed by atoms with E-state index in [1.54, 1.807) is 61.6 Å². The first-order chi connectivity index (χ1) is 17.9. The highest BCUT2D eigenvalue weighted by Gasteiger charge is 2.27. The minimum atomic E-state index is -0.121. The average molecular weight is 515 g/mol. The first-order valence-electron chi connectivity index (χ1n) is 11.9. The monoisotopic (exact) mass is 514 g/mol. The highest BCUT2D eigenvalue weighted by molar-refractivity contribution is 7.22. The number of ketones is 1. The van der Waals surface area contributed by atoms with Crippen molar-refractivity contribution in [1.82, 2.24) is 10.2 Å². The second-order valence-electron chi connectivity index (χ2n) is 8.86. The number of rotatable bonds is 8. The third-order valence-corrected chi connectivity index (χ3v) is 7.45. The average Bonchev–Trinajstić information content (AvgIpc) is 3.25. The zero-order valence-corrected chi connectivity index (χ0v) is 21.0. The van der Waals surface area contributed by atoms with Crippen LogP contribution in [-0.2, 0) is 4.79 Å². The molecular weight excluding hydrogens is 488 g/mol. The van der Waals surface area contributed by atoms with E-state index >= 15 is 0 Å². The summed E-state index contributed by atoms with van der Waals surface area (Å²) in [5.74, 6) is 0.751. The molecule has 0 atom stereocenters. The number of phenolic OH excluding ortho intramolecular Hbond substituents is 2. The molecule has 1 amide bonds. The number of hydrogen-bond donors (Lipinski definition) is 3. The smallest absolute Gasteiger partial charge is 0.243 e. The topological polar surface area (TPSA) is 99.1 Å². The van der Waals surface area contributed by atoms with Gasteiger partial charge in [0.15, 0.2) is 5.78 Å². The lowest BCUT2D eigenvalue weighted by molar-refractivity contribution is -0.116. The molecule has 2 heterocycles. The molecule has 1 saturated heterocycles. The van der Waals surface area contributed by atoms with E-state index in [9.17, 15) is 19.8 Å². The van der Waals surface area contributed by atoms with Crippen LogP contribution in [0.3, 0.4) is 0 Å². The number of nitrogens with one attached hydrogen (secondary N) is 1. The van der Waals surface area contributed by atoms with E-state index in [1.165, 1.54) is 17.4 Å². The zero-order valence-electron chi connectivity index (χ0n) is 20.2. The van der Waals surface area contributed by atoms with Crippen molar-refractivity contribution in [3.63, 3.8) is 0 Å². The van der Waals surface area contributed by atoms with Gasteiger partial charge in [0.05, 0.1) is 0 Å². The Labute approximate surface area is 218 Å². The predicted octanol–water partition coefficient (Wildman–Crippen LogP) is 4.58. The molecule has 1 aliphatic rings. The standard InChI is InChI=1S/C29H26N2O5S/c1-30-26(34)3-2-14-31-16-23(17-31)36-22-11-6-18(7-12-22)28(35)27-24-13-10-21(33)15-25(24)37-29(27)19-4-8-20(32)9-5-19/h2-13,15,23,32-33H,14,16-17H2,1H3,(H,30,34)/b3-2+. The molecule has 0 unspecified atom stereocenters. The number of benzene rings is 3. The highest BCUT2D eigenvalue weighted by Crippen LogP contribution is 2.41. The van der Waals surface area contributed by atoms with Crippen LogP contribution in [0.2, 0.25) is 0 Å². The van der Waals surface area contributed by atoms with E-state index in [1.807, 2.05) is 18.2 Å². The van der Waals surface area contributed by atoms with Crippen molar-refractivity contribution in [3.05, 3.63) is 90.0 Å². The molecule has 1 aliphatic heterocycles. The predicted molar refractivity (Wildman–Crippen MR) is 145 cm³/mol. The van der Waals surface area contributed by atoms with Gasteiger partial charge in [-0.2, -0.15) is 0 Å². The van der Waals surface area contributed by atoms with Crippen LogP contribution in [0.5, 0.6) is 17.2 Å². The number of carbonyl (C=O) groups excluding carboxylic acids is 2. The Kier molecular flexibility index (Phi) is 6.94. The number of likely N-dealkylation sites (tertiary alicyclic amines) is 1. The van der Waals surface area contributed by atoms with Crippen molar-refractivity contribution in [2.75, 3.05) is 26.7 Å². The summed E-state index contributed by atoms with van der Waals surface area (Å²) in [4.78, 5) is 27.9. The molecule has 188 valence electrons. The van der Waals surface area contributed by atoms with Crippen molar-refractivity contribution < 1.29 is 24.5 Å². The van der Waals surface area contributed by atoms with E-state index in [0.717, 1.165) is 33.6 Å². The number of amides is 1. The Balaban J connectivity index is 1.31. The van der Waals surface area contributed by atoms with Crippen LogP contribution in [0.4, 0.5) is 0 Å². The molecule has 0 radical (unpaired) electrons. The molecule has 4 aromatic rings. The normalized spacial score (nSPS) is 14.1.